The fraction of sp³-hybridized carbons (Fsp3) is 0.194. The zero-order valence-corrected chi connectivity index (χ0v) is 24.3. The van der Waals surface area contributed by atoms with E-state index in [0.29, 0.717) is 60.5 Å². The summed E-state index contributed by atoms with van der Waals surface area (Å²) in [7, 11) is 1.35. The van der Waals surface area contributed by atoms with E-state index in [1.54, 1.807) is 36.4 Å². The van der Waals surface area contributed by atoms with Crippen LogP contribution in [0.1, 0.15) is 44.7 Å². The van der Waals surface area contributed by atoms with Gasteiger partial charge < -0.3 is 20.1 Å². The number of nitrogens with one attached hydrogen (secondary N) is 2. The normalized spacial score (nSPS) is 11.2. The first-order valence-electron chi connectivity index (χ1n) is 14.2. The van der Waals surface area contributed by atoms with Gasteiger partial charge in [-0.2, -0.15) is 0 Å². The van der Waals surface area contributed by atoms with Gasteiger partial charge in [0.1, 0.15) is 18.4 Å². The zero-order chi connectivity index (χ0) is 30.4. The third kappa shape index (κ3) is 8.66. The summed E-state index contributed by atoms with van der Waals surface area (Å²) in [6.07, 6.45) is 3.16. The maximum absolute atomic E-state index is 13.2. The molecule has 0 aliphatic rings. The second kappa shape index (κ2) is 15.7. The quantitative estimate of drug-likeness (QED) is 0.0659. The van der Waals surface area contributed by atoms with Gasteiger partial charge in [0, 0.05) is 47.5 Å². The first-order chi connectivity index (χ1) is 21.0. The molecule has 0 aliphatic heterocycles. The molecule has 43 heavy (non-hydrogen) atoms. The van der Waals surface area contributed by atoms with Crippen LogP contribution in [0.4, 0.5) is 11.4 Å². The van der Waals surface area contributed by atoms with Crippen molar-refractivity contribution in [2.75, 3.05) is 30.9 Å². The second-order valence-electron chi connectivity index (χ2n) is 9.88. The predicted octanol–water partition coefficient (Wildman–Crippen LogP) is 6.75. The first-order valence-corrected chi connectivity index (χ1v) is 14.2. The summed E-state index contributed by atoms with van der Waals surface area (Å²) >= 11 is 0. The fourth-order valence-corrected chi connectivity index (χ4v) is 4.64. The second-order valence-corrected chi connectivity index (χ2v) is 9.88. The number of esters is 1. The minimum Gasteiger partial charge on any atom is -0.492 e. The number of ether oxygens (including phenoxy) is 2. The van der Waals surface area contributed by atoms with E-state index >= 15 is 0 Å². The van der Waals surface area contributed by atoms with Crippen LogP contribution in [0.5, 0.6) is 5.75 Å². The molecule has 1 unspecified atom stereocenters. The van der Waals surface area contributed by atoms with Crippen LogP contribution in [0, 0.1) is 0 Å². The fourth-order valence-electron chi connectivity index (χ4n) is 4.64. The third-order valence-corrected chi connectivity index (χ3v) is 6.88. The Labute approximate surface area is 252 Å². The van der Waals surface area contributed by atoms with Crippen LogP contribution in [0.2, 0.25) is 0 Å². The maximum Gasteiger partial charge on any atom is 0.328 e. The number of ketones is 2. The number of para-hydroxylation sites is 2. The number of benzene rings is 4. The van der Waals surface area contributed by atoms with Crippen molar-refractivity contribution in [3.8, 4) is 5.75 Å². The summed E-state index contributed by atoms with van der Waals surface area (Å²) in [6, 6.07) is 30.4. The number of rotatable bonds is 16. The molecule has 4 rings (SSSR count). The Morgan fingerprint density at radius 2 is 1.47 bits per heavy atom. The average molecular weight is 577 g/mol. The highest BCUT2D eigenvalue weighted by Gasteiger charge is 2.22. The Balaban J connectivity index is 1.35. The van der Waals surface area contributed by atoms with Crippen LogP contribution >= 0.6 is 0 Å². The number of Topliss-reactive ketones (excluding diaryl/α,β-unsaturated/α-hetero) is 1. The van der Waals surface area contributed by atoms with Crippen LogP contribution < -0.4 is 15.4 Å². The molecule has 220 valence electrons. The highest BCUT2D eigenvalue weighted by Crippen LogP contribution is 2.23. The van der Waals surface area contributed by atoms with Gasteiger partial charge in [0.05, 0.1) is 7.11 Å². The Hall–Kier alpha value is -5.17. The lowest BCUT2D eigenvalue weighted by molar-refractivity contribution is -0.141. The Morgan fingerprint density at radius 3 is 2.16 bits per heavy atom. The van der Waals surface area contributed by atoms with Crippen LogP contribution in [0.3, 0.4) is 0 Å². The van der Waals surface area contributed by atoms with Crippen molar-refractivity contribution in [3.63, 3.8) is 0 Å². The maximum atomic E-state index is 13.2. The van der Waals surface area contributed by atoms with Gasteiger partial charge in [-0.25, -0.2) is 4.79 Å². The van der Waals surface area contributed by atoms with E-state index in [4.69, 9.17) is 9.47 Å². The molecule has 0 saturated heterocycles. The summed E-state index contributed by atoms with van der Waals surface area (Å²) in [5.41, 5.74) is 3.94. The Morgan fingerprint density at radius 1 is 0.814 bits per heavy atom. The van der Waals surface area contributed by atoms with Gasteiger partial charge in [0.25, 0.3) is 0 Å². The van der Waals surface area contributed by atoms with Crippen molar-refractivity contribution < 1.29 is 23.9 Å². The third-order valence-electron chi connectivity index (χ3n) is 6.88. The van der Waals surface area contributed by atoms with Crippen molar-refractivity contribution >= 4 is 28.9 Å². The van der Waals surface area contributed by atoms with Crippen LogP contribution in [-0.2, 0) is 16.0 Å². The van der Waals surface area contributed by atoms with Crippen LogP contribution in [-0.4, -0.2) is 43.8 Å². The lowest BCUT2D eigenvalue weighted by atomic mass is 10.00. The molecule has 0 bridgehead atoms. The summed E-state index contributed by atoms with van der Waals surface area (Å²) in [5.74, 6) is 0.190. The van der Waals surface area contributed by atoms with Crippen LogP contribution in [0.25, 0.3) is 0 Å². The zero-order valence-electron chi connectivity index (χ0n) is 24.3. The number of carbonyl (C=O) groups is 3. The monoisotopic (exact) mass is 576 g/mol. The molecule has 0 radical (unpaired) electrons. The number of anilines is 2. The van der Waals surface area contributed by atoms with E-state index in [1.807, 2.05) is 72.8 Å². The minimum atomic E-state index is -0.708. The number of hydrogen-bond donors (Lipinski definition) is 2. The van der Waals surface area contributed by atoms with E-state index in [1.165, 1.54) is 7.11 Å². The number of allylic oxidation sites excluding steroid dienone is 1. The summed E-state index contributed by atoms with van der Waals surface area (Å²) in [6.45, 7) is 4.60. The lowest BCUT2D eigenvalue weighted by Crippen LogP contribution is -2.33. The Kier molecular flexibility index (Phi) is 11.3. The molecule has 7 heteroatoms. The van der Waals surface area contributed by atoms with Crippen molar-refractivity contribution in [3.05, 3.63) is 138 Å². The van der Waals surface area contributed by atoms with Gasteiger partial charge in [-0.05, 0) is 48.4 Å². The molecular formula is C36H36N2O5. The summed E-state index contributed by atoms with van der Waals surface area (Å²) in [5, 5.41) is 6.52. The molecule has 0 fully saturated rings. The smallest absolute Gasteiger partial charge is 0.328 e. The first kappa shape index (κ1) is 30.8. The molecule has 4 aromatic carbocycles. The van der Waals surface area contributed by atoms with Gasteiger partial charge >= 0.3 is 5.97 Å². The predicted molar refractivity (Wildman–Crippen MR) is 170 cm³/mol. The molecule has 0 saturated carbocycles. The number of hydrogen-bond acceptors (Lipinski definition) is 7. The van der Waals surface area contributed by atoms with Crippen LogP contribution in [0.15, 0.2) is 116 Å². The van der Waals surface area contributed by atoms with Gasteiger partial charge in [-0.1, -0.05) is 72.8 Å². The van der Waals surface area contributed by atoms with Crippen molar-refractivity contribution in [1.82, 2.24) is 0 Å². The van der Waals surface area contributed by atoms with E-state index < -0.39 is 12.0 Å². The number of methoxy groups -OCH3 is 1. The van der Waals surface area contributed by atoms with E-state index in [0.717, 1.165) is 11.3 Å². The molecule has 4 aromatic rings. The van der Waals surface area contributed by atoms with Gasteiger partial charge in [-0.15, -0.1) is 6.58 Å². The molecule has 0 spiro atoms. The molecule has 0 aromatic heterocycles. The van der Waals surface area contributed by atoms with E-state index in [-0.39, 0.29) is 11.6 Å². The molecule has 0 amide bonds. The topological polar surface area (TPSA) is 93.7 Å². The molecule has 2 N–H and O–H groups in total. The van der Waals surface area contributed by atoms with E-state index in [2.05, 4.69) is 17.2 Å². The van der Waals surface area contributed by atoms with Crippen molar-refractivity contribution in [1.29, 1.82) is 0 Å². The van der Waals surface area contributed by atoms with Gasteiger partial charge in [0.2, 0.25) is 0 Å². The molecule has 1 atom stereocenters. The lowest BCUT2D eigenvalue weighted by Gasteiger charge is -2.20. The molecule has 0 aliphatic carbocycles. The average Bonchev–Trinajstić information content (AvgIpc) is 3.06. The molecular weight excluding hydrogens is 540 g/mol. The van der Waals surface area contributed by atoms with Crippen molar-refractivity contribution in [2.24, 2.45) is 0 Å². The van der Waals surface area contributed by atoms with Crippen molar-refractivity contribution in [2.45, 2.75) is 25.3 Å². The number of carbonyl (C=O) groups excluding carboxylic acids is 3. The largest absolute Gasteiger partial charge is 0.492 e. The standard InChI is InChI=1S/C36H36N2O5/c1-3-4-18-34(39)29-14-8-10-16-31(29)37-23-24-43-28-21-19-26(20-22-28)25-33(36(41)42-2)38-32-17-11-9-15-30(32)35(40)27-12-6-5-7-13-27/h3,5-17,19-22,33,37-38H,1,4,18,23-25H2,2H3. The van der Waals surface area contributed by atoms with Gasteiger partial charge in [0.15, 0.2) is 11.6 Å². The molecule has 7 nitrogen and oxygen atoms in total. The minimum absolute atomic E-state index is 0.0746. The van der Waals surface area contributed by atoms with Gasteiger partial charge in [-0.3, -0.25) is 9.59 Å². The summed E-state index contributed by atoms with van der Waals surface area (Å²) < 4.78 is 11.0. The summed E-state index contributed by atoms with van der Waals surface area (Å²) in [4.78, 5) is 38.4. The molecule has 0 heterocycles. The Bertz CT molecular complexity index is 1530. The highest BCUT2D eigenvalue weighted by atomic mass is 16.5. The highest BCUT2D eigenvalue weighted by molar-refractivity contribution is 6.12. The van der Waals surface area contributed by atoms with E-state index in [9.17, 15) is 14.4 Å². The SMILES string of the molecule is C=CCCC(=O)c1ccccc1NCCOc1ccc(CC(Nc2ccccc2C(=O)c2ccccc2)C(=O)OC)cc1.